The molecule has 0 fully saturated rings. The van der Waals surface area contributed by atoms with Gasteiger partial charge < -0.3 is 9.47 Å². The molecule has 0 spiro atoms. The molecule has 2 rings (SSSR count). The Kier molecular flexibility index (Phi) is 4.39. The molecule has 116 valence electrons. The Morgan fingerprint density at radius 1 is 0.909 bits per heavy atom. The molecule has 0 heterocycles. The maximum absolute atomic E-state index is 11.4. The number of rotatable bonds is 3. The first-order chi connectivity index (χ1) is 10.2. The van der Waals surface area contributed by atoms with E-state index >= 15 is 0 Å². The van der Waals surface area contributed by atoms with Crippen LogP contribution in [0.3, 0.4) is 0 Å². The lowest BCUT2D eigenvalue weighted by atomic mass is 10.1. The van der Waals surface area contributed by atoms with Gasteiger partial charge in [0.15, 0.2) is 11.5 Å². The van der Waals surface area contributed by atoms with Gasteiger partial charge in [-0.15, -0.1) is 0 Å². The van der Waals surface area contributed by atoms with Crippen molar-refractivity contribution >= 4 is 42.4 Å². The second-order valence-corrected chi connectivity index (χ2v) is 7.00. The van der Waals surface area contributed by atoms with Gasteiger partial charge in [-0.05, 0) is 35.0 Å². The summed E-state index contributed by atoms with van der Waals surface area (Å²) in [5.41, 5.74) is 0. The topological polar surface area (TPSA) is 86.7 Å². The second-order valence-electron chi connectivity index (χ2n) is 4.43. The van der Waals surface area contributed by atoms with Gasteiger partial charge in [-0.2, -0.15) is 0 Å². The third-order valence-electron chi connectivity index (χ3n) is 2.66. The molecule has 22 heavy (non-hydrogen) atoms. The van der Waals surface area contributed by atoms with E-state index < -0.39 is 21.0 Å². The number of carbonyl (C=O) groups is 2. The SMILES string of the molecule is CC(=O)Oc1cc2ccc(S(=O)(=O)Cl)cc2cc1OC(C)=O. The quantitative estimate of drug-likeness (QED) is 0.484. The van der Waals surface area contributed by atoms with Crippen molar-refractivity contribution in [3.8, 4) is 11.5 Å². The van der Waals surface area contributed by atoms with E-state index in [2.05, 4.69) is 0 Å². The Labute approximate surface area is 131 Å². The maximum atomic E-state index is 11.4. The van der Waals surface area contributed by atoms with Crippen LogP contribution in [0.15, 0.2) is 35.2 Å². The molecule has 8 heteroatoms. The van der Waals surface area contributed by atoms with E-state index in [1.54, 1.807) is 0 Å². The Hall–Kier alpha value is -2.12. The molecule has 0 unspecified atom stereocenters. The number of hydrogen-bond acceptors (Lipinski definition) is 6. The van der Waals surface area contributed by atoms with Gasteiger partial charge in [0, 0.05) is 24.5 Å². The molecule has 0 saturated heterocycles. The van der Waals surface area contributed by atoms with Gasteiger partial charge in [-0.25, -0.2) is 8.42 Å². The number of fused-ring (bicyclic) bond motifs is 1. The summed E-state index contributed by atoms with van der Waals surface area (Å²) < 4.78 is 32.7. The minimum absolute atomic E-state index is 0.0133. The van der Waals surface area contributed by atoms with Crippen molar-refractivity contribution in [3.05, 3.63) is 30.3 Å². The first-order valence-electron chi connectivity index (χ1n) is 6.06. The van der Waals surface area contributed by atoms with Crippen LogP contribution in [0, 0.1) is 0 Å². The summed E-state index contributed by atoms with van der Waals surface area (Å²) in [7, 11) is 1.42. The minimum atomic E-state index is -3.88. The van der Waals surface area contributed by atoms with E-state index in [1.807, 2.05) is 0 Å². The lowest BCUT2D eigenvalue weighted by molar-refractivity contribution is -0.134. The van der Waals surface area contributed by atoms with E-state index in [1.165, 1.54) is 44.2 Å². The third kappa shape index (κ3) is 3.75. The van der Waals surface area contributed by atoms with Crippen LogP contribution in [0.25, 0.3) is 10.8 Å². The predicted molar refractivity (Wildman–Crippen MR) is 79.6 cm³/mol. The average Bonchev–Trinajstić information content (AvgIpc) is 2.36. The summed E-state index contributed by atoms with van der Waals surface area (Å²) >= 11 is 0. The van der Waals surface area contributed by atoms with E-state index in [0.29, 0.717) is 10.8 Å². The van der Waals surface area contributed by atoms with Crippen LogP contribution in [0.2, 0.25) is 0 Å². The largest absolute Gasteiger partial charge is 0.423 e. The molecule has 0 bridgehead atoms. The molecule has 2 aromatic rings. The molecule has 0 aliphatic carbocycles. The van der Waals surface area contributed by atoms with Crippen molar-refractivity contribution in [2.24, 2.45) is 0 Å². The van der Waals surface area contributed by atoms with Gasteiger partial charge in [-0.1, -0.05) is 6.07 Å². The predicted octanol–water partition coefficient (Wildman–Crippen LogP) is 2.62. The molecule has 2 aromatic carbocycles. The van der Waals surface area contributed by atoms with Gasteiger partial charge in [0.1, 0.15) is 0 Å². The maximum Gasteiger partial charge on any atom is 0.308 e. The van der Waals surface area contributed by atoms with Crippen molar-refractivity contribution in [3.63, 3.8) is 0 Å². The molecule has 0 aliphatic rings. The lowest BCUT2D eigenvalue weighted by Gasteiger charge is -2.10. The van der Waals surface area contributed by atoms with Gasteiger partial charge >= 0.3 is 11.9 Å². The van der Waals surface area contributed by atoms with Crippen molar-refractivity contribution in [2.75, 3.05) is 0 Å². The summed E-state index contributed by atoms with van der Waals surface area (Å²) in [6, 6.07) is 7.05. The van der Waals surface area contributed by atoms with E-state index in [9.17, 15) is 18.0 Å². The molecular formula is C14H11ClO6S. The fraction of sp³-hybridized carbons (Fsp3) is 0.143. The van der Waals surface area contributed by atoms with Crippen molar-refractivity contribution in [1.29, 1.82) is 0 Å². The molecule has 0 aromatic heterocycles. The minimum Gasteiger partial charge on any atom is -0.423 e. The van der Waals surface area contributed by atoms with E-state index in [-0.39, 0.29) is 16.4 Å². The zero-order chi connectivity index (χ0) is 16.5. The van der Waals surface area contributed by atoms with Crippen LogP contribution < -0.4 is 9.47 Å². The standard InChI is InChI=1S/C14H11ClO6S/c1-8(16)20-13-6-10-3-4-12(22(15,18)19)5-11(10)7-14(13)21-9(2)17/h3-7H,1-2H3. The zero-order valence-corrected chi connectivity index (χ0v) is 13.2. The molecule has 6 nitrogen and oxygen atoms in total. The highest BCUT2D eigenvalue weighted by atomic mass is 35.7. The van der Waals surface area contributed by atoms with Gasteiger partial charge in [0.05, 0.1) is 4.90 Å². The van der Waals surface area contributed by atoms with Crippen molar-refractivity contribution < 1.29 is 27.5 Å². The highest BCUT2D eigenvalue weighted by Gasteiger charge is 2.15. The van der Waals surface area contributed by atoms with Crippen LogP contribution in [-0.4, -0.2) is 20.4 Å². The first kappa shape index (κ1) is 16.3. The molecule has 0 saturated carbocycles. The lowest BCUT2D eigenvalue weighted by Crippen LogP contribution is -2.07. The molecular weight excluding hydrogens is 332 g/mol. The number of ether oxygens (including phenoxy) is 2. The van der Waals surface area contributed by atoms with E-state index in [4.69, 9.17) is 20.2 Å². The highest BCUT2D eigenvalue weighted by Crippen LogP contribution is 2.34. The van der Waals surface area contributed by atoms with Gasteiger partial charge in [0.2, 0.25) is 0 Å². The van der Waals surface area contributed by atoms with Crippen LogP contribution in [-0.2, 0) is 18.6 Å². The molecule has 0 amide bonds. The first-order valence-corrected chi connectivity index (χ1v) is 8.37. The number of carbonyl (C=O) groups excluding carboxylic acids is 2. The monoisotopic (exact) mass is 342 g/mol. The number of halogens is 1. The Bertz CT molecular complexity index is 872. The highest BCUT2D eigenvalue weighted by molar-refractivity contribution is 8.13. The zero-order valence-electron chi connectivity index (χ0n) is 11.6. The van der Waals surface area contributed by atoms with Crippen LogP contribution >= 0.6 is 10.7 Å². The van der Waals surface area contributed by atoms with Gasteiger partial charge in [0.25, 0.3) is 9.05 Å². The molecule has 0 N–H and O–H groups in total. The Balaban J connectivity index is 2.65. The summed E-state index contributed by atoms with van der Waals surface area (Å²) in [5.74, 6) is -1.10. The van der Waals surface area contributed by atoms with Crippen molar-refractivity contribution in [2.45, 2.75) is 18.7 Å². The number of esters is 2. The molecule has 0 radical (unpaired) electrons. The van der Waals surface area contributed by atoms with E-state index in [0.717, 1.165) is 0 Å². The van der Waals surface area contributed by atoms with Crippen molar-refractivity contribution in [1.82, 2.24) is 0 Å². The fourth-order valence-electron chi connectivity index (χ4n) is 1.85. The summed E-state index contributed by atoms with van der Waals surface area (Å²) in [6.07, 6.45) is 0. The Morgan fingerprint density at radius 2 is 1.41 bits per heavy atom. The van der Waals surface area contributed by atoms with Gasteiger partial charge in [-0.3, -0.25) is 9.59 Å². The summed E-state index contributed by atoms with van der Waals surface area (Å²) in [5, 5.41) is 1.06. The number of benzene rings is 2. The summed E-state index contributed by atoms with van der Waals surface area (Å²) in [6.45, 7) is 2.41. The van der Waals surface area contributed by atoms with Crippen LogP contribution in [0.5, 0.6) is 11.5 Å². The summed E-state index contributed by atoms with van der Waals surface area (Å²) in [4.78, 5) is 22.2. The van der Waals surface area contributed by atoms with Crippen LogP contribution in [0.1, 0.15) is 13.8 Å². The Morgan fingerprint density at radius 3 is 1.86 bits per heavy atom. The fourth-order valence-corrected chi connectivity index (χ4v) is 2.64. The average molecular weight is 343 g/mol. The van der Waals surface area contributed by atoms with Crippen LogP contribution in [0.4, 0.5) is 0 Å². The normalized spacial score (nSPS) is 11.2. The number of hydrogen-bond donors (Lipinski definition) is 0. The molecule has 0 atom stereocenters. The molecule has 0 aliphatic heterocycles. The third-order valence-corrected chi connectivity index (χ3v) is 4.01. The second kappa shape index (κ2) is 5.94. The smallest absolute Gasteiger partial charge is 0.308 e.